The molecule has 0 saturated carbocycles. The topological polar surface area (TPSA) is 16.8 Å². The van der Waals surface area contributed by atoms with Crippen molar-refractivity contribution in [2.24, 2.45) is 0 Å². The van der Waals surface area contributed by atoms with E-state index < -0.39 is 0 Å². The van der Waals surface area contributed by atoms with Gasteiger partial charge in [0.2, 0.25) is 0 Å². The van der Waals surface area contributed by atoms with Crippen LogP contribution >= 0.6 is 22.6 Å². The van der Waals surface area contributed by atoms with E-state index in [0.29, 0.717) is 0 Å². The molecule has 0 amide bonds. The van der Waals surface area contributed by atoms with Crippen LogP contribution in [-0.2, 0) is 6.54 Å². The highest BCUT2D eigenvalue weighted by molar-refractivity contribution is 14.1. The van der Waals surface area contributed by atoms with Crippen molar-refractivity contribution in [1.29, 1.82) is 0 Å². The van der Waals surface area contributed by atoms with Crippen LogP contribution in [0.1, 0.15) is 6.92 Å². The number of hydrogen-bond acceptors (Lipinski definition) is 1. The number of hydrogen-bond donors (Lipinski definition) is 0. The van der Waals surface area contributed by atoms with Crippen LogP contribution < -0.4 is 4.57 Å². The molecule has 0 aliphatic carbocycles. The second-order valence-electron chi connectivity index (χ2n) is 1.67. The summed E-state index contributed by atoms with van der Waals surface area (Å²) in [5.74, 6) is 0. The molecule has 0 unspecified atom stereocenters. The van der Waals surface area contributed by atoms with Crippen molar-refractivity contribution >= 4 is 22.6 Å². The lowest BCUT2D eigenvalue weighted by atomic mass is 10.6. The Hall–Kier alpha value is -0.190. The molecule has 1 rings (SSSR count). The molecule has 1 heterocycles. The van der Waals surface area contributed by atoms with E-state index in [1.807, 2.05) is 12.3 Å². The van der Waals surface area contributed by atoms with Crippen molar-refractivity contribution in [2.45, 2.75) is 13.5 Å². The Morgan fingerprint density at radius 3 is 3.00 bits per heavy atom. The summed E-state index contributed by atoms with van der Waals surface area (Å²) in [4.78, 5) is 4.10. The molecule has 2 nitrogen and oxygen atoms in total. The van der Waals surface area contributed by atoms with Gasteiger partial charge in [0.25, 0.3) is 0 Å². The predicted octanol–water partition coefficient (Wildman–Crippen LogP) is 0.994. The lowest BCUT2D eigenvalue weighted by molar-refractivity contribution is -0.709. The van der Waals surface area contributed by atoms with Gasteiger partial charge in [0.05, 0.1) is 35.3 Å². The summed E-state index contributed by atoms with van der Waals surface area (Å²) >= 11 is 2.21. The summed E-state index contributed by atoms with van der Waals surface area (Å²) < 4.78 is 3.12. The van der Waals surface area contributed by atoms with Gasteiger partial charge in [-0.2, -0.15) is 0 Å². The van der Waals surface area contributed by atoms with Crippen molar-refractivity contribution in [3.63, 3.8) is 0 Å². The lowest BCUT2D eigenvalue weighted by Crippen LogP contribution is -2.36. The molecule has 1 aromatic rings. The van der Waals surface area contributed by atoms with E-state index in [2.05, 4.69) is 39.1 Å². The fraction of sp³-hybridized carbons (Fsp3) is 0.333. The Labute approximate surface area is 68.1 Å². The molecule has 0 N–H and O–H groups in total. The van der Waals surface area contributed by atoms with Crippen molar-refractivity contribution in [3.05, 3.63) is 22.3 Å². The number of aromatic nitrogens is 2. The zero-order valence-electron chi connectivity index (χ0n) is 5.21. The van der Waals surface area contributed by atoms with Crippen LogP contribution in [0.15, 0.2) is 18.5 Å². The molecular weight excluding hydrogens is 227 g/mol. The van der Waals surface area contributed by atoms with E-state index in [4.69, 9.17) is 0 Å². The monoisotopic (exact) mass is 235 g/mol. The van der Waals surface area contributed by atoms with Crippen LogP contribution in [0.5, 0.6) is 0 Å². The van der Waals surface area contributed by atoms with Gasteiger partial charge in [0, 0.05) is 6.07 Å². The Morgan fingerprint density at radius 1 is 1.78 bits per heavy atom. The van der Waals surface area contributed by atoms with Gasteiger partial charge in [-0.3, -0.25) is 0 Å². The molecule has 0 atom stereocenters. The normalized spacial score (nSPS) is 9.56. The lowest BCUT2D eigenvalue weighted by Gasteiger charge is -1.91. The zero-order chi connectivity index (χ0) is 6.69. The van der Waals surface area contributed by atoms with Gasteiger partial charge in [-0.1, -0.05) is 0 Å². The van der Waals surface area contributed by atoms with Crippen molar-refractivity contribution < 1.29 is 4.57 Å². The maximum absolute atomic E-state index is 4.10. The van der Waals surface area contributed by atoms with Crippen molar-refractivity contribution in [3.8, 4) is 0 Å². The van der Waals surface area contributed by atoms with E-state index in [0.717, 1.165) is 10.4 Å². The molecule has 0 aliphatic heterocycles. The minimum absolute atomic E-state index is 0.992. The van der Waals surface area contributed by atoms with Crippen LogP contribution in [-0.4, -0.2) is 4.98 Å². The third-order valence-corrected chi connectivity index (χ3v) is 2.01. The van der Waals surface area contributed by atoms with Gasteiger partial charge >= 0.3 is 3.83 Å². The minimum Gasteiger partial charge on any atom is -0.226 e. The first-order valence-electron chi connectivity index (χ1n) is 2.84. The highest BCUT2D eigenvalue weighted by atomic mass is 127. The molecule has 48 valence electrons. The van der Waals surface area contributed by atoms with E-state index >= 15 is 0 Å². The molecule has 3 heteroatoms. The summed E-state index contributed by atoms with van der Waals surface area (Å²) in [6, 6.07) is 1.94. The van der Waals surface area contributed by atoms with Gasteiger partial charge in [0.15, 0.2) is 0 Å². The van der Waals surface area contributed by atoms with Crippen LogP contribution in [0.2, 0.25) is 0 Å². The van der Waals surface area contributed by atoms with Gasteiger partial charge in [0.1, 0.15) is 6.20 Å². The first kappa shape index (κ1) is 6.92. The molecule has 0 fully saturated rings. The first-order valence-corrected chi connectivity index (χ1v) is 3.92. The summed E-state index contributed by atoms with van der Waals surface area (Å²) in [6.45, 7) is 3.09. The summed E-state index contributed by atoms with van der Waals surface area (Å²) in [5, 5.41) is 0. The largest absolute Gasteiger partial charge is 0.358 e. The fourth-order valence-electron chi connectivity index (χ4n) is 0.618. The number of nitrogens with zero attached hydrogens (tertiary/aromatic N) is 2. The Morgan fingerprint density at radius 2 is 2.56 bits per heavy atom. The quantitative estimate of drug-likeness (QED) is 0.403. The fourth-order valence-corrected chi connectivity index (χ4v) is 1.28. The van der Waals surface area contributed by atoms with E-state index in [9.17, 15) is 0 Å². The van der Waals surface area contributed by atoms with Gasteiger partial charge in [-0.05, 0) is 11.9 Å². The van der Waals surface area contributed by atoms with Crippen LogP contribution in [0.25, 0.3) is 0 Å². The average Bonchev–Trinajstić information content (AvgIpc) is 1.89. The van der Waals surface area contributed by atoms with E-state index in [1.165, 1.54) is 0 Å². The van der Waals surface area contributed by atoms with Crippen LogP contribution in [0.4, 0.5) is 0 Å². The highest BCUT2D eigenvalue weighted by Gasteiger charge is 2.00. The summed E-state index contributed by atoms with van der Waals surface area (Å²) in [7, 11) is 0. The molecule has 0 bridgehead atoms. The maximum atomic E-state index is 4.10. The molecule has 0 aromatic carbocycles. The van der Waals surface area contributed by atoms with Crippen molar-refractivity contribution in [2.75, 3.05) is 0 Å². The number of rotatable bonds is 1. The second kappa shape index (κ2) is 3.10. The molecule has 0 spiro atoms. The van der Waals surface area contributed by atoms with Gasteiger partial charge in [-0.25, -0.2) is 4.57 Å². The standard InChI is InChI=1S/C6H8IN2/c1-2-9-5-3-4-8-6(9)7/h3-5H,2H2,1H3/q+1. The second-order valence-corrected chi connectivity index (χ2v) is 2.64. The zero-order valence-corrected chi connectivity index (χ0v) is 7.37. The Balaban J connectivity index is 3.01. The molecule has 1 aromatic heterocycles. The summed E-state index contributed by atoms with van der Waals surface area (Å²) in [5.41, 5.74) is 0. The number of halogens is 1. The Kier molecular flexibility index (Phi) is 2.38. The van der Waals surface area contributed by atoms with Crippen LogP contribution in [0.3, 0.4) is 0 Å². The molecule has 0 saturated heterocycles. The molecule has 9 heavy (non-hydrogen) atoms. The third kappa shape index (κ3) is 1.61. The molecule has 0 aliphatic rings. The SMILES string of the molecule is CC[n+]1cccnc1I. The molecule has 0 radical (unpaired) electrons. The smallest absolute Gasteiger partial charge is 0.226 e. The Bertz CT molecular complexity index is 200. The predicted molar refractivity (Wildman–Crippen MR) is 42.8 cm³/mol. The maximum Gasteiger partial charge on any atom is 0.358 e. The summed E-state index contributed by atoms with van der Waals surface area (Å²) in [6.07, 6.45) is 3.82. The minimum atomic E-state index is 0.992. The van der Waals surface area contributed by atoms with Crippen molar-refractivity contribution in [1.82, 2.24) is 4.98 Å². The highest BCUT2D eigenvalue weighted by Crippen LogP contribution is 1.88. The van der Waals surface area contributed by atoms with Gasteiger partial charge in [-0.15, -0.1) is 0 Å². The average molecular weight is 235 g/mol. The van der Waals surface area contributed by atoms with Gasteiger partial charge < -0.3 is 0 Å². The number of aryl methyl sites for hydroxylation is 1. The van der Waals surface area contributed by atoms with E-state index in [-0.39, 0.29) is 0 Å². The van der Waals surface area contributed by atoms with E-state index in [1.54, 1.807) is 6.20 Å². The third-order valence-electron chi connectivity index (χ3n) is 1.11. The molecular formula is C6H8IN2+. The van der Waals surface area contributed by atoms with Crippen LogP contribution in [0, 0.1) is 3.83 Å². The first-order chi connectivity index (χ1) is 4.34.